The fourth-order valence-electron chi connectivity index (χ4n) is 2.52. The molecule has 0 spiro atoms. The van der Waals surface area contributed by atoms with Crippen LogP contribution in [0.25, 0.3) is 0 Å². The molecule has 122 valence electrons. The van der Waals surface area contributed by atoms with Crippen LogP contribution in [0.4, 0.5) is 5.69 Å². The Bertz CT molecular complexity index is 683. The van der Waals surface area contributed by atoms with Crippen LogP contribution < -0.4 is 10.1 Å². The second kappa shape index (κ2) is 7.79. The van der Waals surface area contributed by atoms with Gasteiger partial charge in [0, 0.05) is 18.3 Å². The Morgan fingerprint density at radius 1 is 1.17 bits per heavy atom. The van der Waals surface area contributed by atoms with E-state index in [-0.39, 0.29) is 5.91 Å². The molecule has 0 aromatic heterocycles. The number of rotatable bonds is 6. The highest BCUT2D eigenvalue weighted by Crippen LogP contribution is 2.17. The summed E-state index contributed by atoms with van der Waals surface area (Å²) < 4.78 is 5.16. The average Bonchev–Trinajstić information content (AvgIpc) is 2.50. The highest BCUT2D eigenvalue weighted by molar-refractivity contribution is 5.92. The van der Waals surface area contributed by atoms with E-state index in [1.807, 2.05) is 36.2 Å². The molecule has 1 amide bonds. The molecule has 0 heterocycles. The SMILES string of the molecule is COc1cccc(NC(=O)CN(C)Cc2ccc(C)cc2C)c1. The van der Waals surface area contributed by atoms with Crippen LogP contribution in [0.1, 0.15) is 16.7 Å². The minimum atomic E-state index is -0.0366. The van der Waals surface area contributed by atoms with E-state index in [0.717, 1.165) is 18.0 Å². The smallest absolute Gasteiger partial charge is 0.238 e. The predicted molar refractivity (Wildman–Crippen MR) is 93.9 cm³/mol. The number of methoxy groups -OCH3 is 1. The Morgan fingerprint density at radius 3 is 2.65 bits per heavy atom. The van der Waals surface area contributed by atoms with Crippen molar-refractivity contribution in [1.82, 2.24) is 4.90 Å². The molecule has 0 radical (unpaired) electrons. The first-order chi connectivity index (χ1) is 11.0. The van der Waals surface area contributed by atoms with E-state index in [9.17, 15) is 4.79 Å². The van der Waals surface area contributed by atoms with E-state index in [4.69, 9.17) is 4.74 Å². The maximum atomic E-state index is 12.2. The van der Waals surface area contributed by atoms with Gasteiger partial charge in [-0.15, -0.1) is 0 Å². The Kier molecular flexibility index (Phi) is 5.77. The second-order valence-corrected chi connectivity index (χ2v) is 5.88. The van der Waals surface area contributed by atoms with Crippen molar-refractivity contribution in [3.63, 3.8) is 0 Å². The molecule has 1 N–H and O–H groups in total. The zero-order valence-electron chi connectivity index (χ0n) is 14.2. The zero-order valence-corrected chi connectivity index (χ0v) is 14.2. The van der Waals surface area contributed by atoms with Crippen LogP contribution in [-0.4, -0.2) is 31.5 Å². The number of likely N-dealkylation sites (N-methyl/N-ethyl adjacent to an activating group) is 1. The number of hydrogen-bond acceptors (Lipinski definition) is 3. The lowest BCUT2D eigenvalue weighted by atomic mass is 10.1. The fourth-order valence-corrected chi connectivity index (χ4v) is 2.52. The number of aryl methyl sites for hydroxylation is 2. The number of hydrogen-bond donors (Lipinski definition) is 1. The average molecular weight is 312 g/mol. The minimum absolute atomic E-state index is 0.0366. The van der Waals surface area contributed by atoms with Gasteiger partial charge < -0.3 is 10.1 Å². The fraction of sp³-hybridized carbons (Fsp3) is 0.316. The van der Waals surface area contributed by atoms with Gasteiger partial charge in [-0.25, -0.2) is 0 Å². The van der Waals surface area contributed by atoms with Crippen molar-refractivity contribution in [2.75, 3.05) is 26.0 Å². The quantitative estimate of drug-likeness (QED) is 0.889. The van der Waals surface area contributed by atoms with Gasteiger partial charge in [0.1, 0.15) is 5.75 Å². The summed E-state index contributed by atoms with van der Waals surface area (Å²) in [6.45, 7) is 5.27. The Morgan fingerprint density at radius 2 is 1.96 bits per heavy atom. The minimum Gasteiger partial charge on any atom is -0.497 e. The molecule has 0 atom stereocenters. The van der Waals surface area contributed by atoms with E-state index in [0.29, 0.717) is 6.54 Å². The summed E-state index contributed by atoms with van der Waals surface area (Å²) in [5.74, 6) is 0.692. The lowest BCUT2D eigenvalue weighted by Crippen LogP contribution is -2.30. The second-order valence-electron chi connectivity index (χ2n) is 5.88. The van der Waals surface area contributed by atoms with Crippen LogP contribution in [0.15, 0.2) is 42.5 Å². The molecule has 0 saturated heterocycles. The van der Waals surface area contributed by atoms with Crippen LogP contribution in [0, 0.1) is 13.8 Å². The summed E-state index contributed by atoms with van der Waals surface area (Å²) in [7, 11) is 3.56. The number of ether oxygens (including phenoxy) is 1. The standard InChI is InChI=1S/C19H24N2O2/c1-14-8-9-16(15(2)10-14)12-21(3)13-19(22)20-17-6-5-7-18(11-17)23-4/h5-11H,12-13H2,1-4H3,(H,20,22). The molecule has 0 unspecified atom stereocenters. The van der Waals surface area contributed by atoms with Crippen LogP contribution >= 0.6 is 0 Å². The molecule has 0 aliphatic heterocycles. The van der Waals surface area contributed by atoms with E-state index >= 15 is 0 Å². The maximum Gasteiger partial charge on any atom is 0.238 e. The molecule has 4 heteroatoms. The van der Waals surface area contributed by atoms with Gasteiger partial charge in [0.05, 0.1) is 13.7 Å². The van der Waals surface area contributed by atoms with E-state index in [2.05, 4.69) is 37.4 Å². The number of amides is 1. The van der Waals surface area contributed by atoms with Crippen molar-refractivity contribution in [2.24, 2.45) is 0 Å². The van der Waals surface area contributed by atoms with Gasteiger partial charge in [0.2, 0.25) is 5.91 Å². The normalized spacial score (nSPS) is 10.7. The van der Waals surface area contributed by atoms with Crippen molar-refractivity contribution in [2.45, 2.75) is 20.4 Å². The zero-order chi connectivity index (χ0) is 16.8. The number of carbonyl (C=O) groups excluding carboxylic acids is 1. The number of nitrogens with zero attached hydrogens (tertiary/aromatic N) is 1. The van der Waals surface area contributed by atoms with Crippen molar-refractivity contribution in [3.05, 3.63) is 59.2 Å². The third-order valence-electron chi connectivity index (χ3n) is 3.71. The molecule has 0 fully saturated rings. The summed E-state index contributed by atoms with van der Waals surface area (Å²) in [5.41, 5.74) is 4.50. The van der Waals surface area contributed by atoms with Crippen LogP contribution in [-0.2, 0) is 11.3 Å². The Labute approximate surface area is 138 Å². The molecule has 23 heavy (non-hydrogen) atoms. The van der Waals surface area contributed by atoms with E-state index < -0.39 is 0 Å². The molecule has 4 nitrogen and oxygen atoms in total. The van der Waals surface area contributed by atoms with E-state index in [1.54, 1.807) is 7.11 Å². The van der Waals surface area contributed by atoms with Crippen molar-refractivity contribution in [1.29, 1.82) is 0 Å². The Balaban J connectivity index is 1.91. The summed E-state index contributed by atoms with van der Waals surface area (Å²) in [5, 5.41) is 2.90. The highest BCUT2D eigenvalue weighted by atomic mass is 16.5. The molecular weight excluding hydrogens is 288 g/mol. The molecule has 0 aliphatic carbocycles. The van der Waals surface area contributed by atoms with Crippen molar-refractivity contribution >= 4 is 11.6 Å². The summed E-state index contributed by atoms with van der Waals surface area (Å²) in [6, 6.07) is 13.8. The number of benzene rings is 2. The van der Waals surface area contributed by atoms with Crippen LogP contribution in [0.2, 0.25) is 0 Å². The predicted octanol–water partition coefficient (Wildman–Crippen LogP) is 3.38. The van der Waals surface area contributed by atoms with Gasteiger partial charge in [0.15, 0.2) is 0 Å². The molecule has 0 bridgehead atoms. The van der Waals surface area contributed by atoms with Gasteiger partial charge in [-0.1, -0.05) is 29.8 Å². The summed E-state index contributed by atoms with van der Waals surface area (Å²) in [4.78, 5) is 14.2. The molecule has 2 rings (SSSR count). The van der Waals surface area contributed by atoms with E-state index in [1.165, 1.54) is 16.7 Å². The lowest BCUT2D eigenvalue weighted by Gasteiger charge is -2.18. The number of anilines is 1. The number of nitrogens with one attached hydrogen (secondary N) is 1. The molecule has 0 aliphatic rings. The van der Waals surface area contributed by atoms with Crippen molar-refractivity contribution in [3.8, 4) is 5.75 Å². The Hall–Kier alpha value is -2.33. The maximum absolute atomic E-state index is 12.2. The van der Waals surface area contributed by atoms with Crippen LogP contribution in [0.3, 0.4) is 0 Å². The van der Waals surface area contributed by atoms with Gasteiger partial charge >= 0.3 is 0 Å². The topological polar surface area (TPSA) is 41.6 Å². The van der Waals surface area contributed by atoms with Gasteiger partial charge in [-0.3, -0.25) is 9.69 Å². The van der Waals surface area contributed by atoms with Gasteiger partial charge in [0.25, 0.3) is 0 Å². The van der Waals surface area contributed by atoms with Crippen molar-refractivity contribution < 1.29 is 9.53 Å². The van der Waals surface area contributed by atoms with Crippen LogP contribution in [0.5, 0.6) is 5.75 Å². The summed E-state index contributed by atoms with van der Waals surface area (Å²) >= 11 is 0. The third-order valence-corrected chi connectivity index (χ3v) is 3.71. The molecule has 0 saturated carbocycles. The first-order valence-corrected chi connectivity index (χ1v) is 7.66. The first kappa shape index (κ1) is 17.0. The molecular formula is C19H24N2O2. The van der Waals surface area contributed by atoms with Gasteiger partial charge in [-0.05, 0) is 44.2 Å². The number of carbonyl (C=O) groups is 1. The molecule has 2 aromatic carbocycles. The monoisotopic (exact) mass is 312 g/mol. The molecule has 2 aromatic rings. The summed E-state index contributed by atoms with van der Waals surface area (Å²) in [6.07, 6.45) is 0. The lowest BCUT2D eigenvalue weighted by molar-refractivity contribution is -0.117. The van der Waals surface area contributed by atoms with Gasteiger partial charge in [-0.2, -0.15) is 0 Å². The highest BCUT2D eigenvalue weighted by Gasteiger charge is 2.09. The third kappa shape index (κ3) is 5.11. The largest absolute Gasteiger partial charge is 0.497 e. The first-order valence-electron chi connectivity index (χ1n) is 7.66.